The van der Waals surface area contributed by atoms with Gasteiger partial charge in [-0.25, -0.2) is 4.79 Å². The first-order valence-electron chi connectivity index (χ1n) is 7.30. The quantitative estimate of drug-likeness (QED) is 0.380. The van der Waals surface area contributed by atoms with Crippen molar-refractivity contribution in [3.05, 3.63) is 0 Å². The van der Waals surface area contributed by atoms with Gasteiger partial charge in [0.2, 0.25) is 11.8 Å². The Morgan fingerprint density at radius 2 is 1.55 bits per heavy atom. The van der Waals surface area contributed by atoms with Crippen LogP contribution in [0.5, 0.6) is 0 Å². The fourth-order valence-corrected chi connectivity index (χ4v) is 1.98. The van der Waals surface area contributed by atoms with E-state index in [1.807, 2.05) is 27.7 Å². The number of nitrogens with two attached hydrogens (primary N) is 1. The molecular weight excluding hydrogens is 306 g/mol. The number of carboxylic acids is 1. The lowest BCUT2D eigenvalue weighted by Gasteiger charge is -2.24. The molecule has 7 nitrogen and oxygen atoms in total. The van der Waals surface area contributed by atoms with Crippen LogP contribution in [0.3, 0.4) is 0 Å². The number of carbonyl (C=O) groups is 3. The second kappa shape index (κ2) is 9.68. The molecule has 0 aliphatic carbocycles. The molecule has 0 aromatic carbocycles. The minimum absolute atomic E-state index is 0.0328. The number of thiol groups is 1. The van der Waals surface area contributed by atoms with Gasteiger partial charge in [0, 0.05) is 5.75 Å². The van der Waals surface area contributed by atoms with Crippen molar-refractivity contribution in [3.8, 4) is 0 Å². The van der Waals surface area contributed by atoms with Crippen molar-refractivity contribution in [2.45, 2.75) is 52.2 Å². The molecular formula is C14H27N3O4S. The van der Waals surface area contributed by atoms with Crippen molar-refractivity contribution in [2.75, 3.05) is 5.75 Å². The average Bonchev–Trinajstić information content (AvgIpc) is 2.41. The molecule has 128 valence electrons. The zero-order chi connectivity index (χ0) is 17.4. The normalized spacial score (nSPS) is 15.3. The number of nitrogens with one attached hydrogen (secondary N) is 2. The lowest BCUT2D eigenvalue weighted by Crippen LogP contribution is -2.55. The van der Waals surface area contributed by atoms with E-state index in [1.165, 1.54) is 0 Å². The Bertz CT molecular complexity index is 402. The van der Waals surface area contributed by atoms with E-state index in [2.05, 4.69) is 23.3 Å². The zero-order valence-corrected chi connectivity index (χ0v) is 14.4. The lowest BCUT2D eigenvalue weighted by atomic mass is 10.0. The third-order valence-electron chi connectivity index (χ3n) is 3.16. The summed E-state index contributed by atoms with van der Waals surface area (Å²) in [7, 11) is 0. The molecule has 5 N–H and O–H groups in total. The summed E-state index contributed by atoms with van der Waals surface area (Å²) in [6.45, 7) is 7.43. The Morgan fingerprint density at radius 1 is 1.05 bits per heavy atom. The predicted molar refractivity (Wildman–Crippen MR) is 87.6 cm³/mol. The molecule has 0 aromatic heterocycles. The Morgan fingerprint density at radius 3 is 1.91 bits per heavy atom. The van der Waals surface area contributed by atoms with Crippen molar-refractivity contribution in [2.24, 2.45) is 17.6 Å². The van der Waals surface area contributed by atoms with Crippen LogP contribution in [0.25, 0.3) is 0 Å². The minimum atomic E-state index is -1.17. The maximum absolute atomic E-state index is 12.2. The fraction of sp³-hybridized carbons (Fsp3) is 0.786. The molecule has 0 saturated heterocycles. The Hall–Kier alpha value is -1.28. The number of hydrogen-bond acceptors (Lipinski definition) is 5. The van der Waals surface area contributed by atoms with Crippen LogP contribution in [0, 0.1) is 11.8 Å². The second-order valence-corrected chi connectivity index (χ2v) is 6.41. The third-order valence-corrected chi connectivity index (χ3v) is 3.52. The lowest BCUT2D eigenvalue weighted by molar-refractivity contribution is -0.141. The maximum atomic E-state index is 12.2. The van der Waals surface area contributed by atoms with E-state index in [-0.39, 0.29) is 17.6 Å². The highest BCUT2D eigenvalue weighted by molar-refractivity contribution is 7.80. The van der Waals surface area contributed by atoms with E-state index in [9.17, 15) is 14.4 Å². The van der Waals surface area contributed by atoms with Gasteiger partial charge in [0.1, 0.15) is 12.1 Å². The SMILES string of the molecule is CC(C)C[C@H](NC(=O)[C@@H](N)C(C)C)C(=O)N[C@@H](CS)C(=O)O. The largest absolute Gasteiger partial charge is 0.480 e. The van der Waals surface area contributed by atoms with E-state index in [4.69, 9.17) is 10.8 Å². The molecule has 0 heterocycles. The van der Waals surface area contributed by atoms with Gasteiger partial charge in [0.05, 0.1) is 6.04 Å². The molecule has 0 aliphatic rings. The molecule has 0 radical (unpaired) electrons. The van der Waals surface area contributed by atoms with Gasteiger partial charge in [-0.2, -0.15) is 12.6 Å². The molecule has 0 spiro atoms. The molecule has 0 bridgehead atoms. The van der Waals surface area contributed by atoms with E-state index in [0.29, 0.717) is 6.42 Å². The predicted octanol–water partition coefficient (Wildman–Crippen LogP) is -0.000200. The Kier molecular flexibility index (Phi) is 9.12. The molecule has 3 atom stereocenters. The molecule has 0 saturated carbocycles. The highest BCUT2D eigenvalue weighted by atomic mass is 32.1. The second-order valence-electron chi connectivity index (χ2n) is 6.04. The van der Waals surface area contributed by atoms with E-state index >= 15 is 0 Å². The number of carboxylic acid groups (broad SMARTS) is 1. The maximum Gasteiger partial charge on any atom is 0.327 e. The molecule has 0 rings (SSSR count). The van der Waals surface area contributed by atoms with Crippen molar-refractivity contribution in [1.29, 1.82) is 0 Å². The smallest absolute Gasteiger partial charge is 0.327 e. The van der Waals surface area contributed by atoms with Gasteiger partial charge in [-0.1, -0.05) is 27.7 Å². The van der Waals surface area contributed by atoms with E-state index in [1.54, 1.807) is 0 Å². The van der Waals surface area contributed by atoms with Crippen LogP contribution in [0.2, 0.25) is 0 Å². The van der Waals surface area contributed by atoms with Crippen molar-refractivity contribution in [1.82, 2.24) is 10.6 Å². The number of hydrogen-bond donors (Lipinski definition) is 5. The summed E-state index contributed by atoms with van der Waals surface area (Å²) in [4.78, 5) is 35.2. The average molecular weight is 333 g/mol. The van der Waals surface area contributed by atoms with Gasteiger partial charge in [0.25, 0.3) is 0 Å². The van der Waals surface area contributed by atoms with Crippen LogP contribution in [-0.2, 0) is 14.4 Å². The molecule has 8 heteroatoms. The molecule has 0 unspecified atom stereocenters. The van der Waals surface area contributed by atoms with Gasteiger partial charge in [-0.05, 0) is 18.3 Å². The van der Waals surface area contributed by atoms with Crippen LogP contribution in [0.1, 0.15) is 34.1 Å². The summed E-state index contributed by atoms with van der Waals surface area (Å²) in [6.07, 6.45) is 0.390. The first kappa shape index (κ1) is 20.7. The number of aliphatic carboxylic acids is 1. The Balaban J connectivity index is 4.93. The Labute approximate surface area is 136 Å². The zero-order valence-electron chi connectivity index (χ0n) is 13.5. The highest BCUT2D eigenvalue weighted by Crippen LogP contribution is 2.07. The summed E-state index contributed by atoms with van der Waals surface area (Å²) >= 11 is 3.89. The minimum Gasteiger partial charge on any atom is -0.480 e. The molecule has 22 heavy (non-hydrogen) atoms. The van der Waals surface area contributed by atoms with Gasteiger partial charge >= 0.3 is 5.97 Å². The summed E-state index contributed by atoms with van der Waals surface area (Å²) in [5.41, 5.74) is 5.76. The van der Waals surface area contributed by atoms with Gasteiger partial charge in [0.15, 0.2) is 0 Å². The van der Waals surface area contributed by atoms with Gasteiger partial charge in [-0.15, -0.1) is 0 Å². The topological polar surface area (TPSA) is 122 Å². The molecule has 0 aromatic rings. The third kappa shape index (κ3) is 7.13. The highest BCUT2D eigenvalue weighted by Gasteiger charge is 2.28. The van der Waals surface area contributed by atoms with Crippen LogP contribution in [-0.4, -0.2) is 46.8 Å². The fourth-order valence-electron chi connectivity index (χ4n) is 1.73. The summed E-state index contributed by atoms with van der Waals surface area (Å²) in [5, 5.41) is 13.9. The van der Waals surface area contributed by atoms with E-state index in [0.717, 1.165) is 0 Å². The van der Waals surface area contributed by atoms with Crippen molar-refractivity contribution >= 4 is 30.4 Å². The first-order valence-corrected chi connectivity index (χ1v) is 7.93. The number of carbonyl (C=O) groups excluding carboxylic acids is 2. The monoisotopic (exact) mass is 333 g/mol. The number of amides is 2. The van der Waals surface area contributed by atoms with Crippen LogP contribution in [0.4, 0.5) is 0 Å². The van der Waals surface area contributed by atoms with Gasteiger partial charge < -0.3 is 21.5 Å². The molecule has 0 fully saturated rings. The van der Waals surface area contributed by atoms with Crippen LogP contribution >= 0.6 is 12.6 Å². The number of rotatable bonds is 9. The van der Waals surface area contributed by atoms with Crippen molar-refractivity contribution < 1.29 is 19.5 Å². The first-order chi connectivity index (χ1) is 10.1. The summed E-state index contributed by atoms with van der Waals surface area (Å²) in [5.74, 6) is -2.09. The van der Waals surface area contributed by atoms with Gasteiger partial charge in [-0.3, -0.25) is 9.59 Å². The molecule has 2 amide bonds. The summed E-state index contributed by atoms with van der Waals surface area (Å²) in [6, 6.07) is -2.64. The summed E-state index contributed by atoms with van der Waals surface area (Å²) < 4.78 is 0. The van der Waals surface area contributed by atoms with Crippen LogP contribution < -0.4 is 16.4 Å². The molecule has 0 aliphatic heterocycles. The van der Waals surface area contributed by atoms with Crippen molar-refractivity contribution in [3.63, 3.8) is 0 Å². The van der Waals surface area contributed by atoms with E-state index < -0.39 is 35.9 Å². The standard InChI is InChI=1S/C14H27N3O4S/c1-7(2)5-9(16-13(19)11(15)8(3)4)12(18)17-10(6-22)14(20)21/h7-11,22H,5-6,15H2,1-4H3,(H,16,19)(H,17,18)(H,20,21)/t9-,10-,11-/m0/s1. The van der Waals surface area contributed by atoms with Crippen LogP contribution in [0.15, 0.2) is 0 Å².